The molecule has 3 rings (SSSR count). The molecule has 0 spiro atoms. The van der Waals surface area contributed by atoms with E-state index in [1.54, 1.807) is 0 Å². The molecule has 2 nitrogen and oxygen atoms in total. The first-order chi connectivity index (χ1) is 10.1. The first kappa shape index (κ1) is 14.2. The van der Waals surface area contributed by atoms with E-state index in [4.69, 9.17) is 4.74 Å². The second kappa shape index (κ2) is 5.90. The number of rotatable bonds is 3. The maximum absolute atomic E-state index is 10.6. The van der Waals surface area contributed by atoms with E-state index in [9.17, 15) is 5.11 Å². The first-order valence-corrected chi connectivity index (χ1v) is 7.64. The Morgan fingerprint density at radius 2 is 2.00 bits per heavy atom. The van der Waals surface area contributed by atoms with Crippen LogP contribution < -0.4 is 4.74 Å². The molecule has 110 valence electrons. The molecule has 0 saturated heterocycles. The van der Waals surface area contributed by atoms with Crippen LogP contribution >= 0.6 is 0 Å². The number of aryl methyl sites for hydroxylation is 3. The van der Waals surface area contributed by atoms with E-state index in [1.165, 1.54) is 22.3 Å². The Bertz CT molecular complexity index is 646. The topological polar surface area (TPSA) is 29.5 Å². The molecular formula is C19H22O2. The average Bonchev–Trinajstić information content (AvgIpc) is 2.50. The quantitative estimate of drug-likeness (QED) is 0.925. The molecule has 1 aliphatic heterocycles. The molecule has 0 saturated carbocycles. The van der Waals surface area contributed by atoms with Crippen molar-refractivity contribution in [3.8, 4) is 5.75 Å². The van der Waals surface area contributed by atoms with Gasteiger partial charge in [0.15, 0.2) is 0 Å². The summed E-state index contributed by atoms with van der Waals surface area (Å²) in [5.41, 5.74) is 5.86. The first-order valence-electron chi connectivity index (χ1n) is 7.64. The van der Waals surface area contributed by atoms with Crippen molar-refractivity contribution in [2.45, 2.75) is 39.2 Å². The lowest BCUT2D eigenvalue weighted by molar-refractivity contribution is 0.169. The number of benzene rings is 2. The summed E-state index contributed by atoms with van der Waals surface area (Å²) >= 11 is 0. The number of hydrogen-bond donors (Lipinski definition) is 1. The molecule has 0 fully saturated rings. The molecule has 21 heavy (non-hydrogen) atoms. The van der Waals surface area contributed by atoms with Crippen LogP contribution in [0.2, 0.25) is 0 Å². The van der Waals surface area contributed by atoms with Crippen molar-refractivity contribution in [3.05, 3.63) is 64.2 Å². The van der Waals surface area contributed by atoms with Crippen LogP contribution in [0.4, 0.5) is 0 Å². The summed E-state index contributed by atoms with van der Waals surface area (Å²) in [6.07, 6.45) is 2.21. The van der Waals surface area contributed by atoms with Crippen LogP contribution in [0.3, 0.4) is 0 Å². The molecule has 1 heterocycles. The standard InChI is InChI=1S/C19H22O2/c1-13-8-9-15(11-14(13)2)12-18(20)17-7-3-5-16-6-4-10-21-19(16)17/h3,5,7-9,11,18,20H,4,6,10,12H2,1-2H3. The molecule has 2 heteroatoms. The zero-order chi connectivity index (χ0) is 14.8. The minimum atomic E-state index is -0.514. The Labute approximate surface area is 126 Å². The molecule has 2 aromatic rings. The van der Waals surface area contributed by atoms with Gasteiger partial charge in [-0.1, -0.05) is 36.4 Å². The number of para-hydroxylation sites is 1. The third kappa shape index (κ3) is 2.96. The summed E-state index contributed by atoms with van der Waals surface area (Å²) in [5.74, 6) is 0.903. The van der Waals surface area contributed by atoms with Crippen molar-refractivity contribution in [1.29, 1.82) is 0 Å². The summed E-state index contributed by atoms with van der Waals surface area (Å²) in [6, 6.07) is 12.5. The normalized spacial score (nSPS) is 15.2. The predicted octanol–water partition coefficient (Wildman–Crippen LogP) is 3.90. The van der Waals surface area contributed by atoms with Gasteiger partial charge in [0, 0.05) is 12.0 Å². The number of ether oxygens (including phenoxy) is 1. The highest BCUT2D eigenvalue weighted by Gasteiger charge is 2.19. The molecule has 0 radical (unpaired) electrons. The summed E-state index contributed by atoms with van der Waals surface area (Å²) in [6.45, 7) is 4.97. The van der Waals surface area contributed by atoms with E-state index in [-0.39, 0.29) is 0 Å². The molecule has 1 atom stereocenters. The van der Waals surface area contributed by atoms with Gasteiger partial charge in [-0.15, -0.1) is 0 Å². The Balaban J connectivity index is 1.85. The number of aliphatic hydroxyl groups is 1. The molecule has 2 aromatic carbocycles. The largest absolute Gasteiger partial charge is 0.493 e. The van der Waals surface area contributed by atoms with Crippen molar-refractivity contribution in [3.63, 3.8) is 0 Å². The minimum Gasteiger partial charge on any atom is -0.493 e. The van der Waals surface area contributed by atoms with Crippen LogP contribution in [-0.2, 0) is 12.8 Å². The Kier molecular flexibility index (Phi) is 3.98. The van der Waals surface area contributed by atoms with Crippen LogP contribution in [0.25, 0.3) is 0 Å². The van der Waals surface area contributed by atoms with Crippen molar-refractivity contribution in [1.82, 2.24) is 0 Å². The van der Waals surface area contributed by atoms with Crippen molar-refractivity contribution in [2.75, 3.05) is 6.61 Å². The van der Waals surface area contributed by atoms with Crippen molar-refractivity contribution in [2.24, 2.45) is 0 Å². The third-order valence-corrected chi connectivity index (χ3v) is 4.32. The number of hydrogen-bond acceptors (Lipinski definition) is 2. The predicted molar refractivity (Wildman–Crippen MR) is 84.8 cm³/mol. The lowest BCUT2D eigenvalue weighted by Crippen LogP contribution is -2.13. The molecule has 1 aliphatic rings. The number of aliphatic hydroxyl groups excluding tert-OH is 1. The van der Waals surface area contributed by atoms with E-state index in [0.717, 1.165) is 30.8 Å². The van der Waals surface area contributed by atoms with Crippen LogP contribution in [0.15, 0.2) is 36.4 Å². The second-order valence-corrected chi connectivity index (χ2v) is 5.93. The maximum Gasteiger partial charge on any atom is 0.128 e. The van der Waals surface area contributed by atoms with Crippen LogP contribution in [-0.4, -0.2) is 11.7 Å². The summed E-state index contributed by atoms with van der Waals surface area (Å²) in [7, 11) is 0. The SMILES string of the molecule is Cc1ccc(CC(O)c2cccc3c2OCCC3)cc1C. The highest BCUT2D eigenvalue weighted by Crippen LogP contribution is 2.34. The van der Waals surface area contributed by atoms with Gasteiger partial charge >= 0.3 is 0 Å². The van der Waals surface area contributed by atoms with E-state index in [0.29, 0.717) is 6.42 Å². The molecule has 0 amide bonds. The maximum atomic E-state index is 10.6. The molecule has 0 bridgehead atoms. The Morgan fingerprint density at radius 3 is 2.81 bits per heavy atom. The van der Waals surface area contributed by atoms with Gasteiger partial charge in [0.05, 0.1) is 12.7 Å². The minimum absolute atomic E-state index is 0.514. The monoisotopic (exact) mass is 282 g/mol. The highest BCUT2D eigenvalue weighted by molar-refractivity contribution is 5.44. The van der Waals surface area contributed by atoms with E-state index in [1.807, 2.05) is 12.1 Å². The Morgan fingerprint density at radius 1 is 1.14 bits per heavy atom. The van der Waals surface area contributed by atoms with Gasteiger partial charge in [-0.2, -0.15) is 0 Å². The average molecular weight is 282 g/mol. The number of fused-ring (bicyclic) bond motifs is 1. The summed E-state index contributed by atoms with van der Waals surface area (Å²) in [4.78, 5) is 0. The summed E-state index contributed by atoms with van der Waals surface area (Å²) < 4.78 is 5.80. The highest BCUT2D eigenvalue weighted by atomic mass is 16.5. The van der Waals surface area contributed by atoms with Gasteiger partial charge in [-0.3, -0.25) is 0 Å². The van der Waals surface area contributed by atoms with Crippen LogP contribution in [0, 0.1) is 13.8 Å². The Hall–Kier alpha value is -1.80. The molecule has 0 aromatic heterocycles. The van der Waals surface area contributed by atoms with Crippen molar-refractivity contribution < 1.29 is 9.84 Å². The molecule has 1 unspecified atom stereocenters. The molecule has 0 aliphatic carbocycles. The van der Waals surface area contributed by atoms with Crippen LogP contribution in [0.5, 0.6) is 5.75 Å². The van der Waals surface area contributed by atoms with E-state index >= 15 is 0 Å². The zero-order valence-corrected chi connectivity index (χ0v) is 12.7. The van der Waals surface area contributed by atoms with Gasteiger partial charge in [0.1, 0.15) is 5.75 Å². The second-order valence-electron chi connectivity index (χ2n) is 5.93. The smallest absolute Gasteiger partial charge is 0.128 e. The fourth-order valence-corrected chi connectivity index (χ4v) is 2.94. The van der Waals surface area contributed by atoms with Gasteiger partial charge < -0.3 is 9.84 Å². The van der Waals surface area contributed by atoms with Gasteiger partial charge in [-0.05, 0) is 48.9 Å². The third-order valence-electron chi connectivity index (χ3n) is 4.32. The van der Waals surface area contributed by atoms with Gasteiger partial charge in [0.2, 0.25) is 0 Å². The summed E-state index contributed by atoms with van der Waals surface area (Å²) in [5, 5.41) is 10.6. The molecular weight excluding hydrogens is 260 g/mol. The molecule has 1 N–H and O–H groups in total. The van der Waals surface area contributed by atoms with Crippen LogP contribution in [0.1, 0.15) is 40.3 Å². The van der Waals surface area contributed by atoms with Gasteiger partial charge in [-0.25, -0.2) is 0 Å². The lowest BCUT2D eigenvalue weighted by atomic mass is 9.95. The van der Waals surface area contributed by atoms with E-state index < -0.39 is 6.10 Å². The lowest BCUT2D eigenvalue weighted by Gasteiger charge is -2.23. The van der Waals surface area contributed by atoms with Crippen molar-refractivity contribution >= 4 is 0 Å². The fraction of sp³-hybridized carbons (Fsp3) is 0.368. The van der Waals surface area contributed by atoms with Gasteiger partial charge in [0.25, 0.3) is 0 Å². The fourth-order valence-electron chi connectivity index (χ4n) is 2.94. The zero-order valence-electron chi connectivity index (χ0n) is 12.7. The van der Waals surface area contributed by atoms with E-state index in [2.05, 4.69) is 38.1 Å².